The lowest BCUT2D eigenvalue weighted by atomic mass is 9.92. The van der Waals surface area contributed by atoms with E-state index in [4.69, 9.17) is 0 Å². The van der Waals surface area contributed by atoms with Crippen LogP contribution >= 0.6 is 0 Å². The van der Waals surface area contributed by atoms with Gasteiger partial charge in [-0.3, -0.25) is 14.5 Å². The zero-order valence-electron chi connectivity index (χ0n) is 15.0. The molecule has 140 valence electrons. The molecule has 4 amide bonds. The second kappa shape index (κ2) is 7.19. The predicted octanol–water partition coefficient (Wildman–Crippen LogP) is 2.47. The Morgan fingerprint density at radius 1 is 1.15 bits per heavy atom. The van der Waals surface area contributed by atoms with Crippen LogP contribution in [-0.2, 0) is 15.1 Å². The highest BCUT2D eigenvalue weighted by Crippen LogP contribution is 2.28. The average Bonchev–Trinajstić information content (AvgIpc) is 2.87. The lowest BCUT2D eigenvalue weighted by molar-refractivity contribution is -0.135. The molecule has 0 aliphatic carbocycles. The van der Waals surface area contributed by atoms with Crippen LogP contribution in [0.1, 0.15) is 31.0 Å². The van der Waals surface area contributed by atoms with Gasteiger partial charge in [0.1, 0.15) is 17.9 Å². The minimum absolute atomic E-state index is 0.364. The SMILES string of the molecule is C[C@H](NC(=O)CN1C(=O)N[C@@](C)(c2ccccc2)C1=O)c1ccc(F)cc1. The van der Waals surface area contributed by atoms with Gasteiger partial charge in [0.25, 0.3) is 5.91 Å². The van der Waals surface area contributed by atoms with E-state index in [1.807, 2.05) is 6.07 Å². The molecule has 2 aromatic rings. The van der Waals surface area contributed by atoms with Crippen LogP contribution in [0.25, 0.3) is 0 Å². The molecule has 3 rings (SSSR count). The Kier molecular flexibility index (Phi) is 4.94. The largest absolute Gasteiger partial charge is 0.348 e. The number of carbonyl (C=O) groups excluding carboxylic acids is 3. The summed E-state index contributed by atoms with van der Waals surface area (Å²) in [4.78, 5) is 38.3. The molecule has 6 nitrogen and oxygen atoms in total. The zero-order valence-corrected chi connectivity index (χ0v) is 15.0. The summed E-state index contributed by atoms with van der Waals surface area (Å²) in [7, 11) is 0. The minimum Gasteiger partial charge on any atom is -0.348 e. The third-order valence-corrected chi connectivity index (χ3v) is 4.68. The van der Waals surface area contributed by atoms with E-state index in [0.717, 1.165) is 10.5 Å². The highest BCUT2D eigenvalue weighted by atomic mass is 19.1. The maximum Gasteiger partial charge on any atom is 0.325 e. The van der Waals surface area contributed by atoms with Gasteiger partial charge in [0.2, 0.25) is 5.91 Å². The van der Waals surface area contributed by atoms with Crippen LogP contribution in [0.4, 0.5) is 9.18 Å². The van der Waals surface area contributed by atoms with Gasteiger partial charge in [0, 0.05) is 0 Å². The van der Waals surface area contributed by atoms with Crippen molar-refractivity contribution in [2.45, 2.75) is 25.4 Å². The number of halogens is 1. The van der Waals surface area contributed by atoms with E-state index in [1.165, 1.54) is 12.1 Å². The third-order valence-electron chi connectivity index (χ3n) is 4.68. The van der Waals surface area contributed by atoms with Gasteiger partial charge in [0.05, 0.1) is 6.04 Å². The second-order valence-corrected chi connectivity index (χ2v) is 6.65. The summed E-state index contributed by atoms with van der Waals surface area (Å²) in [5, 5.41) is 5.37. The molecular formula is C20H20FN3O3. The highest BCUT2D eigenvalue weighted by molar-refractivity contribution is 6.09. The van der Waals surface area contributed by atoms with Crippen molar-refractivity contribution in [3.8, 4) is 0 Å². The van der Waals surface area contributed by atoms with E-state index in [1.54, 1.807) is 50.2 Å². The van der Waals surface area contributed by atoms with Gasteiger partial charge >= 0.3 is 6.03 Å². The molecule has 27 heavy (non-hydrogen) atoms. The molecule has 1 aliphatic heterocycles. The van der Waals surface area contributed by atoms with E-state index >= 15 is 0 Å². The first-order chi connectivity index (χ1) is 12.8. The van der Waals surface area contributed by atoms with Crippen molar-refractivity contribution < 1.29 is 18.8 Å². The fraction of sp³-hybridized carbons (Fsp3) is 0.250. The fourth-order valence-electron chi connectivity index (χ4n) is 3.07. The molecule has 0 saturated carbocycles. The Morgan fingerprint density at radius 2 is 1.78 bits per heavy atom. The Bertz CT molecular complexity index is 870. The number of imide groups is 1. The smallest absolute Gasteiger partial charge is 0.325 e. The van der Waals surface area contributed by atoms with Crippen molar-refractivity contribution in [3.63, 3.8) is 0 Å². The first kappa shape index (κ1) is 18.6. The highest BCUT2D eigenvalue weighted by Gasteiger charge is 2.49. The quantitative estimate of drug-likeness (QED) is 0.795. The van der Waals surface area contributed by atoms with Crippen LogP contribution in [0.5, 0.6) is 0 Å². The third kappa shape index (κ3) is 3.67. The summed E-state index contributed by atoms with van der Waals surface area (Å²) in [6.07, 6.45) is 0. The maximum atomic E-state index is 13.0. The van der Waals surface area contributed by atoms with Gasteiger partial charge in [-0.25, -0.2) is 9.18 Å². The summed E-state index contributed by atoms with van der Waals surface area (Å²) in [6.45, 7) is 2.96. The molecule has 2 N–H and O–H groups in total. The number of carbonyl (C=O) groups is 3. The van der Waals surface area contributed by atoms with Crippen LogP contribution in [-0.4, -0.2) is 29.3 Å². The summed E-state index contributed by atoms with van der Waals surface area (Å²) in [5.41, 5.74) is 0.156. The van der Waals surface area contributed by atoms with E-state index in [0.29, 0.717) is 5.56 Å². The Hall–Kier alpha value is -3.22. The average molecular weight is 369 g/mol. The van der Waals surface area contributed by atoms with Crippen LogP contribution in [0.2, 0.25) is 0 Å². The van der Waals surface area contributed by atoms with Crippen molar-refractivity contribution in [3.05, 3.63) is 71.5 Å². The number of hydrogen-bond acceptors (Lipinski definition) is 3. The first-order valence-electron chi connectivity index (χ1n) is 8.56. The number of nitrogens with zero attached hydrogens (tertiary/aromatic N) is 1. The molecular weight excluding hydrogens is 349 g/mol. The van der Waals surface area contributed by atoms with Crippen LogP contribution < -0.4 is 10.6 Å². The molecule has 0 unspecified atom stereocenters. The molecule has 2 aromatic carbocycles. The lowest BCUT2D eigenvalue weighted by Crippen LogP contribution is -2.43. The van der Waals surface area contributed by atoms with Crippen molar-refractivity contribution in [1.82, 2.24) is 15.5 Å². The monoisotopic (exact) mass is 369 g/mol. The van der Waals surface area contributed by atoms with Crippen molar-refractivity contribution >= 4 is 17.8 Å². The Balaban J connectivity index is 1.68. The molecule has 0 spiro atoms. The van der Waals surface area contributed by atoms with E-state index in [9.17, 15) is 18.8 Å². The number of nitrogens with one attached hydrogen (secondary N) is 2. The molecule has 1 aliphatic rings. The van der Waals surface area contributed by atoms with Gasteiger partial charge < -0.3 is 10.6 Å². The number of rotatable bonds is 5. The summed E-state index contributed by atoms with van der Waals surface area (Å²) in [5.74, 6) is -1.33. The van der Waals surface area contributed by atoms with Gasteiger partial charge in [-0.15, -0.1) is 0 Å². The van der Waals surface area contributed by atoms with E-state index in [2.05, 4.69) is 10.6 Å². The van der Waals surface area contributed by atoms with Gasteiger partial charge in [-0.05, 0) is 37.1 Å². The Morgan fingerprint density at radius 3 is 2.41 bits per heavy atom. The molecule has 1 heterocycles. The topological polar surface area (TPSA) is 78.5 Å². The number of hydrogen-bond donors (Lipinski definition) is 2. The fourth-order valence-corrected chi connectivity index (χ4v) is 3.07. The molecule has 0 radical (unpaired) electrons. The van der Waals surface area contributed by atoms with E-state index in [-0.39, 0.29) is 11.9 Å². The predicted molar refractivity (Wildman–Crippen MR) is 97.0 cm³/mol. The van der Waals surface area contributed by atoms with Crippen LogP contribution in [0.3, 0.4) is 0 Å². The summed E-state index contributed by atoms with van der Waals surface area (Å²) in [6, 6.07) is 13.6. The molecule has 0 bridgehead atoms. The number of benzene rings is 2. The van der Waals surface area contributed by atoms with Crippen molar-refractivity contribution in [2.75, 3.05) is 6.54 Å². The molecule has 1 fully saturated rings. The first-order valence-corrected chi connectivity index (χ1v) is 8.56. The van der Waals surface area contributed by atoms with Gasteiger partial charge in [0.15, 0.2) is 0 Å². The zero-order chi connectivity index (χ0) is 19.6. The molecule has 7 heteroatoms. The van der Waals surface area contributed by atoms with Crippen molar-refractivity contribution in [1.29, 1.82) is 0 Å². The van der Waals surface area contributed by atoms with Crippen LogP contribution in [0, 0.1) is 5.82 Å². The number of amides is 4. The van der Waals surface area contributed by atoms with Gasteiger partial charge in [-0.2, -0.15) is 0 Å². The standard InChI is InChI=1S/C20H20FN3O3/c1-13(14-8-10-16(21)11-9-14)22-17(25)12-24-18(26)20(2,23-19(24)27)15-6-4-3-5-7-15/h3-11,13H,12H2,1-2H3,(H,22,25)(H,23,27)/t13-,20-/m0/s1. The van der Waals surface area contributed by atoms with Gasteiger partial charge in [-0.1, -0.05) is 42.5 Å². The number of urea groups is 1. The maximum absolute atomic E-state index is 13.0. The van der Waals surface area contributed by atoms with Crippen LogP contribution in [0.15, 0.2) is 54.6 Å². The molecule has 0 aromatic heterocycles. The minimum atomic E-state index is -1.21. The van der Waals surface area contributed by atoms with E-state index < -0.39 is 29.9 Å². The lowest BCUT2D eigenvalue weighted by Gasteiger charge is -2.22. The Labute approximate surface area is 156 Å². The summed E-state index contributed by atoms with van der Waals surface area (Å²) >= 11 is 0. The molecule has 1 saturated heterocycles. The normalized spacial score (nSPS) is 20.3. The van der Waals surface area contributed by atoms with Crippen molar-refractivity contribution in [2.24, 2.45) is 0 Å². The molecule has 2 atom stereocenters. The summed E-state index contributed by atoms with van der Waals surface area (Å²) < 4.78 is 13.0. The second-order valence-electron chi connectivity index (χ2n) is 6.65.